The zero-order chi connectivity index (χ0) is 20.5. The van der Waals surface area contributed by atoms with Gasteiger partial charge in [0, 0.05) is 35.3 Å². The summed E-state index contributed by atoms with van der Waals surface area (Å²) >= 11 is 1.64. The number of hydrogen-bond donors (Lipinski definition) is 2. The third-order valence-electron chi connectivity index (χ3n) is 5.22. The summed E-state index contributed by atoms with van der Waals surface area (Å²) in [5.74, 6) is 1.65. The lowest BCUT2D eigenvalue weighted by Gasteiger charge is -2.28. The number of morpholine rings is 1. The first-order valence-corrected chi connectivity index (χ1v) is 10.9. The first-order chi connectivity index (χ1) is 14.7. The Hall–Kier alpha value is -3.04. The second-order valence-corrected chi connectivity index (χ2v) is 8.30. The number of thiophene rings is 1. The molecule has 9 heteroatoms. The molecule has 30 heavy (non-hydrogen) atoms. The summed E-state index contributed by atoms with van der Waals surface area (Å²) in [6.07, 6.45) is 2.29. The van der Waals surface area contributed by atoms with E-state index in [2.05, 4.69) is 26.5 Å². The van der Waals surface area contributed by atoms with Crippen molar-refractivity contribution in [1.29, 1.82) is 0 Å². The van der Waals surface area contributed by atoms with Crippen LogP contribution < -0.4 is 10.2 Å². The van der Waals surface area contributed by atoms with Crippen molar-refractivity contribution < 1.29 is 9.53 Å². The van der Waals surface area contributed by atoms with Gasteiger partial charge in [-0.2, -0.15) is 5.10 Å². The topological polar surface area (TPSA) is 96.0 Å². The van der Waals surface area contributed by atoms with Crippen molar-refractivity contribution in [3.63, 3.8) is 0 Å². The number of rotatable bonds is 5. The third-order valence-corrected chi connectivity index (χ3v) is 6.34. The molecule has 1 aliphatic heterocycles. The number of fused-ring (bicyclic) bond motifs is 2. The number of H-pyrrole nitrogens is 1. The van der Waals surface area contributed by atoms with E-state index in [1.807, 2.05) is 31.3 Å². The van der Waals surface area contributed by atoms with E-state index in [9.17, 15) is 4.79 Å². The number of hydrogen-bond acceptors (Lipinski definition) is 7. The number of carbonyl (C=O) groups excluding carboxylic acids is 1. The number of carbonyl (C=O) groups is 1. The normalized spacial score (nSPS) is 14.5. The van der Waals surface area contributed by atoms with Gasteiger partial charge in [-0.25, -0.2) is 9.97 Å². The summed E-state index contributed by atoms with van der Waals surface area (Å²) in [4.78, 5) is 24.9. The number of benzene rings is 1. The summed E-state index contributed by atoms with van der Waals surface area (Å²) < 4.78 is 6.58. The van der Waals surface area contributed by atoms with Crippen molar-refractivity contribution in [3.8, 4) is 11.4 Å². The maximum atomic E-state index is 11.7. The van der Waals surface area contributed by atoms with Crippen LogP contribution in [0.25, 0.3) is 32.5 Å². The van der Waals surface area contributed by atoms with E-state index >= 15 is 0 Å². The van der Waals surface area contributed by atoms with Gasteiger partial charge in [-0.15, -0.1) is 11.3 Å². The number of nitrogens with one attached hydrogen (secondary N) is 2. The molecule has 0 spiro atoms. The Morgan fingerprint density at radius 2 is 2.17 bits per heavy atom. The molecule has 0 bridgehead atoms. The van der Waals surface area contributed by atoms with E-state index < -0.39 is 0 Å². The summed E-state index contributed by atoms with van der Waals surface area (Å²) in [7, 11) is 0. The lowest BCUT2D eigenvalue weighted by atomic mass is 10.1. The van der Waals surface area contributed by atoms with Crippen LogP contribution in [0.15, 0.2) is 30.5 Å². The molecular weight excluding hydrogens is 400 g/mol. The molecule has 4 aromatic rings. The fourth-order valence-electron chi connectivity index (χ4n) is 3.64. The number of amides is 1. The molecule has 4 heterocycles. The van der Waals surface area contributed by atoms with Gasteiger partial charge in [0.05, 0.1) is 41.7 Å². The molecule has 1 fully saturated rings. The van der Waals surface area contributed by atoms with Crippen molar-refractivity contribution in [2.45, 2.75) is 19.9 Å². The number of anilines is 1. The standard InChI is InChI=1S/C21H22N6O2S/c1-2-18(28)22-11-13-10-17-19(30-13)21(27-6-8-29-9-7-27)25-20(24-17)14-4-3-5-16-15(14)12-23-26-16/h3-5,10,12H,2,6-9,11H2,1H3,(H,22,28)(H,23,26). The van der Waals surface area contributed by atoms with Crippen molar-refractivity contribution in [1.82, 2.24) is 25.5 Å². The second-order valence-electron chi connectivity index (χ2n) is 7.16. The lowest BCUT2D eigenvalue weighted by molar-refractivity contribution is -0.120. The highest BCUT2D eigenvalue weighted by Gasteiger charge is 2.21. The minimum absolute atomic E-state index is 0.0410. The Labute approximate surface area is 177 Å². The summed E-state index contributed by atoms with van der Waals surface area (Å²) in [6.45, 7) is 5.31. The Morgan fingerprint density at radius 1 is 1.30 bits per heavy atom. The summed E-state index contributed by atoms with van der Waals surface area (Å²) in [5, 5.41) is 11.1. The van der Waals surface area contributed by atoms with E-state index in [-0.39, 0.29) is 5.91 Å². The van der Waals surface area contributed by atoms with Crippen LogP contribution in [-0.2, 0) is 16.1 Å². The van der Waals surface area contributed by atoms with Gasteiger partial charge in [0.25, 0.3) is 0 Å². The largest absolute Gasteiger partial charge is 0.378 e. The van der Waals surface area contributed by atoms with Crippen molar-refractivity contribution in [3.05, 3.63) is 35.3 Å². The molecule has 0 unspecified atom stereocenters. The Bertz CT molecular complexity index is 1210. The van der Waals surface area contributed by atoms with Crippen molar-refractivity contribution >= 4 is 44.2 Å². The van der Waals surface area contributed by atoms with Crippen LogP contribution in [0, 0.1) is 0 Å². The predicted octanol–water partition coefficient (Wildman–Crippen LogP) is 3.10. The molecule has 0 atom stereocenters. The van der Waals surface area contributed by atoms with Crippen LogP contribution in [0.2, 0.25) is 0 Å². The van der Waals surface area contributed by atoms with Gasteiger partial charge in [-0.1, -0.05) is 19.1 Å². The molecule has 2 N–H and O–H groups in total. The van der Waals surface area contributed by atoms with Crippen LogP contribution in [-0.4, -0.2) is 52.4 Å². The number of aromatic amines is 1. The smallest absolute Gasteiger partial charge is 0.220 e. The first kappa shape index (κ1) is 19.0. The molecular formula is C21H22N6O2S. The molecule has 1 aromatic carbocycles. The number of nitrogens with zero attached hydrogens (tertiary/aromatic N) is 4. The minimum atomic E-state index is 0.0410. The first-order valence-electron chi connectivity index (χ1n) is 10.0. The molecule has 8 nitrogen and oxygen atoms in total. The zero-order valence-electron chi connectivity index (χ0n) is 16.6. The van der Waals surface area contributed by atoms with Crippen LogP contribution in [0.4, 0.5) is 5.82 Å². The van der Waals surface area contributed by atoms with Gasteiger partial charge in [0.1, 0.15) is 0 Å². The molecule has 5 rings (SSSR count). The quantitative estimate of drug-likeness (QED) is 0.513. The van der Waals surface area contributed by atoms with E-state index in [0.717, 1.165) is 50.5 Å². The van der Waals surface area contributed by atoms with Gasteiger partial charge >= 0.3 is 0 Å². The molecule has 0 radical (unpaired) electrons. The van der Waals surface area contributed by atoms with Gasteiger partial charge < -0.3 is 15.0 Å². The SMILES string of the molecule is CCC(=O)NCc1cc2nc(-c3cccc4[nH]ncc34)nc(N3CCOCC3)c2s1. The van der Waals surface area contributed by atoms with Crippen LogP contribution in [0.5, 0.6) is 0 Å². The van der Waals surface area contributed by atoms with Crippen LogP contribution in [0.1, 0.15) is 18.2 Å². The van der Waals surface area contributed by atoms with Crippen molar-refractivity contribution in [2.24, 2.45) is 0 Å². The van der Waals surface area contributed by atoms with Crippen LogP contribution >= 0.6 is 11.3 Å². The minimum Gasteiger partial charge on any atom is -0.378 e. The second kappa shape index (κ2) is 8.00. The highest BCUT2D eigenvalue weighted by molar-refractivity contribution is 7.19. The molecule has 154 valence electrons. The highest BCUT2D eigenvalue weighted by atomic mass is 32.1. The van der Waals surface area contributed by atoms with E-state index in [1.165, 1.54) is 0 Å². The van der Waals surface area contributed by atoms with E-state index in [1.54, 1.807) is 11.3 Å². The highest BCUT2D eigenvalue weighted by Crippen LogP contribution is 2.35. The van der Waals surface area contributed by atoms with E-state index in [0.29, 0.717) is 32.0 Å². The average Bonchev–Trinajstić information content (AvgIpc) is 3.43. The lowest BCUT2D eigenvalue weighted by Crippen LogP contribution is -2.36. The molecule has 0 aliphatic carbocycles. The molecule has 0 saturated carbocycles. The maximum absolute atomic E-state index is 11.7. The van der Waals surface area contributed by atoms with E-state index in [4.69, 9.17) is 14.7 Å². The fourth-order valence-corrected chi connectivity index (χ4v) is 4.69. The van der Waals surface area contributed by atoms with Gasteiger partial charge in [-0.3, -0.25) is 9.89 Å². The Morgan fingerprint density at radius 3 is 3.00 bits per heavy atom. The molecule has 1 amide bonds. The zero-order valence-corrected chi connectivity index (χ0v) is 17.5. The third kappa shape index (κ3) is 3.50. The van der Waals surface area contributed by atoms with Gasteiger partial charge in [0.15, 0.2) is 11.6 Å². The molecule has 1 aliphatic rings. The fraction of sp³-hybridized carbons (Fsp3) is 0.333. The number of aromatic nitrogens is 4. The molecule has 3 aromatic heterocycles. The maximum Gasteiger partial charge on any atom is 0.220 e. The Kier molecular flexibility index (Phi) is 5.06. The monoisotopic (exact) mass is 422 g/mol. The summed E-state index contributed by atoms with van der Waals surface area (Å²) in [6, 6.07) is 8.06. The van der Waals surface area contributed by atoms with Gasteiger partial charge in [-0.05, 0) is 12.1 Å². The molecule has 1 saturated heterocycles. The average molecular weight is 423 g/mol. The number of ether oxygens (including phenoxy) is 1. The van der Waals surface area contributed by atoms with Crippen LogP contribution in [0.3, 0.4) is 0 Å². The van der Waals surface area contributed by atoms with Gasteiger partial charge in [0.2, 0.25) is 5.91 Å². The predicted molar refractivity (Wildman–Crippen MR) is 118 cm³/mol. The Balaban J connectivity index is 1.63. The summed E-state index contributed by atoms with van der Waals surface area (Å²) in [5.41, 5.74) is 2.80. The van der Waals surface area contributed by atoms with Crippen molar-refractivity contribution in [2.75, 3.05) is 31.2 Å².